The van der Waals surface area contributed by atoms with Crippen LogP contribution in [0.3, 0.4) is 0 Å². The van der Waals surface area contributed by atoms with Crippen molar-refractivity contribution in [3.8, 4) is 0 Å². The van der Waals surface area contributed by atoms with Gasteiger partial charge in [0.15, 0.2) is 0 Å². The largest absolute Gasteiger partial charge is 0.465 e. The van der Waals surface area contributed by atoms with E-state index in [4.69, 9.17) is 4.74 Å². The average Bonchev–Trinajstić information content (AvgIpc) is 2.81. The monoisotopic (exact) mass is 387 g/mol. The lowest BCUT2D eigenvalue weighted by atomic mass is 9.49. The molecule has 4 bridgehead atoms. The highest BCUT2D eigenvalue weighted by atomic mass is 32.1. The van der Waals surface area contributed by atoms with Gasteiger partial charge in [-0.25, -0.2) is 4.79 Å². The fourth-order valence-electron chi connectivity index (χ4n) is 6.77. The molecule has 5 heteroatoms. The molecule has 0 aliphatic heterocycles. The third-order valence-corrected chi connectivity index (χ3v) is 8.77. The fourth-order valence-corrected chi connectivity index (χ4v) is 8.05. The predicted molar refractivity (Wildman–Crippen MR) is 106 cm³/mol. The summed E-state index contributed by atoms with van der Waals surface area (Å²) in [6, 6.07) is 0. The van der Waals surface area contributed by atoms with Gasteiger partial charge in [0.2, 0.25) is 5.91 Å². The highest BCUT2D eigenvalue weighted by Gasteiger charge is 2.54. The number of ether oxygens (including phenoxy) is 1. The molecule has 5 aliphatic carbocycles. The number of hydrogen-bond donors (Lipinski definition) is 1. The topological polar surface area (TPSA) is 55.4 Å². The summed E-state index contributed by atoms with van der Waals surface area (Å²) in [7, 11) is 1.44. The minimum atomic E-state index is -0.296. The van der Waals surface area contributed by atoms with Crippen LogP contribution in [-0.4, -0.2) is 19.0 Å². The van der Waals surface area contributed by atoms with E-state index in [0.29, 0.717) is 5.56 Å². The standard InChI is InChI=1S/C22H29NO3S/c1-26-20(24)18-16-5-3-2-4-6-17(16)27-19(18)23-21(25)22-10-13-7-14(11-22)9-15(8-13)12-22/h13-15H,2-12H2,1H3,(H,23,25). The van der Waals surface area contributed by atoms with Crippen molar-refractivity contribution in [2.75, 3.05) is 12.4 Å². The van der Waals surface area contributed by atoms with Crippen LogP contribution in [0.4, 0.5) is 5.00 Å². The van der Waals surface area contributed by atoms with Crippen molar-refractivity contribution in [2.24, 2.45) is 23.2 Å². The Balaban J connectivity index is 1.45. The molecule has 1 aromatic rings. The molecule has 146 valence electrons. The summed E-state index contributed by atoms with van der Waals surface area (Å²) >= 11 is 1.62. The van der Waals surface area contributed by atoms with Crippen molar-refractivity contribution in [2.45, 2.75) is 70.6 Å². The van der Waals surface area contributed by atoms with E-state index in [-0.39, 0.29) is 17.3 Å². The lowest BCUT2D eigenvalue weighted by molar-refractivity contribution is -0.140. The van der Waals surface area contributed by atoms with Gasteiger partial charge in [0.1, 0.15) is 5.00 Å². The number of amides is 1. The molecular formula is C22H29NO3S. The number of hydrogen-bond acceptors (Lipinski definition) is 4. The van der Waals surface area contributed by atoms with Gasteiger partial charge in [-0.1, -0.05) is 6.42 Å². The molecule has 0 aromatic carbocycles. The second-order valence-electron chi connectivity index (χ2n) is 9.41. The van der Waals surface area contributed by atoms with Crippen LogP contribution in [-0.2, 0) is 22.4 Å². The summed E-state index contributed by atoms with van der Waals surface area (Å²) in [4.78, 5) is 27.3. The van der Waals surface area contributed by atoms with E-state index >= 15 is 0 Å². The molecule has 4 saturated carbocycles. The van der Waals surface area contributed by atoms with E-state index < -0.39 is 0 Å². The van der Waals surface area contributed by atoms with Crippen LogP contribution in [0.1, 0.15) is 78.6 Å². The third-order valence-electron chi connectivity index (χ3n) is 7.56. The van der Waals surface area contributed by atoms with Gasteiger partial charge in [0, 0.05) is 4.88 Å². The van der Waals surface area contributed by atoms with Crippen LogP contribution in [0.25, 0.3) is 0 Å². The Bertz CT molecular complexity index is 745. The zero-order valence-corrected chi connectivity index (χ0v) is 17.0. The maximum absolute atomic E-state index is 13.5. The number of esters is 1. The summed E-state index contributed by atoms with van der Waals surface area (Å²) in [6.07, 6.45) is 12.5. The first-order valence-corrected chi connectivity index (χ1v) is 11.4. The molecule has 0 atom stereocenters. The average molecular weight is 388 g/mol. The summed E-state index contributed by atoms with van der Waals surface area (Å²) in [5.41, 5.74) is 1.58. The van der Waals surface area contributed by atoms with Crippen LogP contribution in [0.2, 0.25) is 0 Å². The van der Waals surface area contributed by atoms with Gasteiger partial charge in [0.25, 0.3) is 0 Å². The molecule has 5 aliphatic rings. The summed E-state index contributed by atoms with van der Waals surface area (Å²) in [6.45, 7) is 0. The van der Waals surface area contributed by atoms with Crippen molar-refractivity contribution in [1.29, 1.82) is 0 Å². The number of thiophene rings is 1. The van der Waals surface area contributed by atoms with Crippen molar-refractivity contribution < 1.29 is 14.3 Å². The molecule has 4 nitrogen and oxygen atoms in total. The van der Waals surface area contributed by atoms with E-state index in [0.717, 1.165) is 73.3 Å². The minimum Gasteiger partial charge on any atom is -0.465 e. The molecular weight excluding hydrogens is 358 g/mol. The maximum Gasteiger partial charge on any atom is 0.341 e. The van der Waals surface area contributed by atoms with E-state index in [9.17, 15) is 9.59 Å². The zero-order valence-electron chi connectivity index (χ0n) is 16.1. The van der Waals surface area contributed by atoms with Crippen LogP contribution < -0.4 is 5.32 Å². The van der Waals surface area contributed by atoms with Crippen LogP contribution in [0.15, 0.2) is 0 Å². The van der Waals surface area contributed by atoms with Crippen LogP contribution in [0.5, 0.6) is 0 Å². The van der Waals surface area contributed by atoms with Gasteiger partial charge in [-0.3, -0.25) is 4.79 Å². The first-order valence-electron chi connectivity index (χ1n) is 10.6. The molecule has 0 spiro atoms. The Kier molecular flexibility index (Phi) is 4.34. The normalized spacial score (nSPS) is 34.0. The third kappa shape index (κ3) is 2.93. The molecule has 1 aromatic heterocycles. The van der Waals surface area contributed by atoms with E-state index in [1.807, 2.05) is 0 Å². The zero-order chi connectivity index (χ0) is 18.6. The number of aryl methyl sites for hydroxylation is 1. The van der Waals surface area contributed by atoms with Gasteiger partial charge >= 0.3 is 5.97 Å². The van der Waals surface area contributed by atoms with Gasteiger partial charge in [-0.2, -0.15) is 0 Å². The first kappa shape index (κ1) is 17.7. The van der Waals surface area contributed by atoms with Crippen molar-refractivity contribution >= 4 is 28.2 Å². The molecule has 0 saturated heterocycles. The molecule has 6 rings (SSSR count). The molecule has 1 N–H and O–H groups in total. The molecule has 27 heavy (non-hydrogen) atoms. The quantitative estimate of drug-likeness (QED) is 0.589. The molecule has 4 fully saturated rings. The molecule has 0 radical (unpaired) electrons. The second-order valence-corrected chi connectivity index (χ2v) is 10.5. The Morgan fingerprint density at radius 1 is 1.00 bits per heavy atom. The van der Waals surface area contributed by atoms with Gasteiger partial charge in [0.05, 0.1) is 18.1 Å². The van der Waals surface area contributed by atoms with Gasteiger partial charge in [-0.15, -0.1) is 11.3 Å². The van der Waals surface area contributed by atoms with Gasteiger partial charge in [-0.05, 0) is 87.5 Å². The SMILES string of the molecule is COC(=O)c1c(NC(=O)C23CC4CC(CC(C4)C2)C3)sc2c1CCCCC2. The number of fused-ring (bicyclic) bond motifs is 1. The van der Waals surface area contributed by atoms with Crippen LogP contribution in [0, 0.1) is 23.2 Å². The Labute approximate surface area is 165 Å². The van der Waals surface area contributed by atoms with Crippen molar-refractivity contribution in [1.82, 2.24) is 0 Å². The summed E-state index contributed by atoms with van der Waals surface area (Å²) in [5.74, 6) is 2.09. The number of carbonyl (C=O) groups excluding carboxylic acids is 2. The summed E-state index contributed by atoms with van der Waals surface area (Å²) in [5, 5.41) is 3.98. The van der Waals surface area contributed by atoms with E-state index in [2.05, 4.69) is 5.32 Å². The lowest BCUT2D eigenvalue weighted by Crippen LogP contribution is -2.51. The first-order chi connectivity index (χ1) is 13.1. The van der Waals surface area contributed by atoms with E-state index in [1.165, 1.54) is 37.7 Å². The van der Waals surface area contributed by atoms with Crippen LogP contribution >= 0.6 is 11.3 Å². The Morgan fingerprint density at radius 2 is 1.63 bits per heavy atom. The minimum absolute atomic E-state index is 0.170. The number of carbonyl (C=O) groups is 2. The lowest BCUT2D eigenvalue weighted by Gasteiger charge is -2.55. The van der Waals surface area contributed by atoms with Crippen molar-refractivity contribution in [3.63, 3.8) is 0 Å². The molecule has 0 unspecified atom stereocenters. The number of nitrogens with one attached hydrogen (secondary N) is 1. The highest BCUT2D eigenvalue weighted by Crippen LogP contribution is 2.60. The number of methoxy groups -OCH3 is 1. The fraction of sp³-hybridized carbons (Fsp3) is 0.727. The smallest absolute Gasteiger partial charge is 0.341 e. The molecule has 1 amide bonds. The number of rotatable bonds is 3. The highest BCUT2D eigenvalue weighted by molar-refractivity contribution is 7.17. The molecule has 1 heterocycles. The Hall–Kier alpha value is -1.36. The van der Waals surface area contributed by atoms with Crippen molar-refractivity contribution in [3.05, 3.63) is 16.0 Å². The summed E-state index contributed by atoms with van der Waals surface area (Å²) < 4.78 is 5.09. The number of anilines is 1. The van der Waals surface area contributed by atoms with E-state index in [1.54, 1.807) is 11.3 Å². The maximum atomic E-state index is 13.5. The Morgan fingerprint density at radius 3 is 2.26 bits per heavy atom. The predicted octanol–water partition coefficient (Wildman–Crippen LogP) is 4.96. The second kappa shape index (κ2) is 6.61. The van der Waals surface area contributed by atoms with Gasteiger partial charge < -0.3 is 10.1 Å².